The summed E-state index contributed by atoms with van der Waals surface area (Å²) in [4.78, 5) is 12.5. The zero-order valence-corrected chi connectivity index (χ0v) is 11.4. The number of halogens is 1. The van der Waals surface area contributed by atoms with Crippen LogP contribution in [0, 0.1) is 12.7 Å². The summed E-state index contributed by atoms with van der Waals surface area (Å²) in [7, 11) is 1.78. The monoisotopic (exact) mass is 273 g/mol. The Kier molecular flexibility index (Phi) is 4.03. The molecule has 3 nitrogen and oxygen atoms in total. The topological polar surface area (TPSA) is 40.5 Å². The van der Waals surface area contributed by atoms with Gasteiger partial charge in [0.15, 0.2) is 0 Å². The van der Waals surface area contributed by atoms with Gasteiger partial charge >= 0.3 is 5.97 Å². The first-order chi connectivity index (χ1) is 9.47. The molecule has 1 N–H and O–H groups in total. The molecule has 0 saturated carbocycles. The summed E-state index contributed by atoms with van der Waals surface area (Å²) in [5.74, 6) is -1.66. The highest BCUT2D eigenvalue weighted by Crippen LogP contribution is 2.21. The zero-order chi connectivity index (χ0) is 14.7. The largest absolute Gasteiger partial charge is 0.478 e. The van der Waals surface area contributed by atoms with Gasteiger partial charge in [-0.1, -0.05) is 29.8 Å². The standard InChI is InChI=1S/C16H16FNO2/c1-11-4-3-5-12(8-11)10-18(2)15-7-6-13(16(19)20)9-14(15)17/h3-9H,10H2,1-2H3,(H,19,20). The summed E-state index contributed by atoms with van der Waals surface area (Å²) in [5, 5.41) is 8.82. The van der Waals surface area contributed by atoms with E-state index < -0.39 is 11.8 Å². The number of nitrogens with zero attached hydrogens (tertiary/aromatic N) is 1. The van der Waals surface area contributed by atoms with Crippen molar-refractivity contribution in [2.24, 2.45) is 0 Å². The minimum Gasteiger partial charge on any atom is -0.478 e. The van der Waals surface area contributed by atoms with Crippen molar-refractivity contribution in [1.29, 1.82) is 0 Å². The van der Waals surface area contributed by atoms with Crippen LogP contribution in [0.15, 0.2) is 42.5 Å². The normalized spacial score (nSPS) is 10.3. The molecule has 2 aromatic carbocycles. The van der Waals surface area contributed by atoms with E-state index in [0.717, 1.165) is 17.2 Å². The third kappa shape index (κ3) is 3.15. The van der Waals surface area contributed by atoms with E-state index in [2.05, 4.69) is 0 Å². The maximum Gasteiger partial charge on any atom is 0.335 e. The van der Waals surface area contributed by atoms with Crippen LogP contribution in [0.4, 0.5) is 10.1 Å². The molecule has 0 aliphatic carbocycles. The van der Waals surface area contributed by atoms with Crippen molar-refractivity contribution < 1.29 is 14.3 Å². The van der Waals surface area contributed by atoms with Gasteiger partial charge in [0.1, 0.15) is 5.82 Å². The molecular formula is C16H16FNO2. The average Bonchev–Trinajstić information content (AvgIpc) is 2.38. The number of benzene rings is 2. The Morgan fingerprint density at radius 1 is 1.25 bits per heavy atom. The highest BCUT2D eigenvalue weighted by Gasteiger charge is 2.11. The number of hydrogen-bond donors (Lipinski definition) is 1. The van der Waals surface area contributed by atoms with Crippen LogP contribution in [0.3, 0.4) is 0 Å². The number of anilines is 1. The van der Waals surface area contributed by atoms with Gasteiger partial charge in [-0.05, 0) is 30.7 Å². The van der Waals surface area contributed by atoms with Crippen molar-refractivity contribution in [3.05, 3.63) is 65.0 Å². The summed E-state index contributed by atoms with van der Waals surface area (Å²) < 4.78 is 13.9. The smallest absolute Gasteiger partial charge is 0.335 e. The number of carbonyl (C=O) groups is 1. The molecule has 0 atom stereocenters. The van der Waals surface area contributed by atoms with Gasteiger partial charge in [0.2, 0.25) is 0 Å². The Morgan fingerprint density at radius 3 is 2.60 bits per heavy atom. The van der Waals surface area contributed by atoms with Gasteiger partial charge in [0, 0.05) is 13.6 Å². The molecule has 0 aromatic heterocycles. The van der Waals surface area contributed by atoms with Crippen LogP contribution >= 0.6 is 0 Å². The number of carboxylic acid groups (broad SMARTS) is 1. The summed E-state index contributed by atoms with van der Waals surface area (Å²) >= 11 is 0. The van der Waals surface area contributed by atoms with Gasteiger partial charge in [0.25, 0.3) is 0 Å². The van der Waals surface area contributed by atoms with Crippen LogP contribution in [0.1, 0.15) is 21.5 Å². The van der Waals surface area contributed by atoms with Crippen molar-refractivity contribution in [3.63, 3.8) is 0 Å². The second-order valence-electron chi connectivity index (χ2n) is 4.82. The zero-order valence-electron chi connectivity index (χ0n) is 11.4. The highest BCUT2D eigenvalue weighted by atomic mass is 19.1. The van der Waals surface area contributed by atoms with Crippen LogP contribution in [-0.4, -0.2) is 18.1 Å². The average molecular weight is 273 g/mol. The predicted molar refractivity (Wildman–Crippen MR) is 76.6 cm³/mol. The predicted octanol–water partition coefficient (Wildman–Crippen LogP) is 3.47. The molecule has 0 bridgehead atoms. The molecule has 0 unspecified atom stereocenters. The quantitative estimate of drug-likeness (QED) is 0.927. The SMILES string of the molecule is Cc1cccc(CN(C)c2ccc(C(=O)O)cc2F)c1. The van der Waals surface area contributed by atoms with Crippen molar-refractivity contribution in [3.8, 4) is 0 Å². The molecule has 0 fully saturated rings. The fourth-order valence-electron chi connectivity index (χ4n) is 2.12. The molecule has 4 heteroatoms. The van der Waals surface area contributed by atoms with Crippen molar-refractivity contribution >= 4 is 11.7 Å². The summed E-state index contributed by atoms with van der Waals surface area (Å²) in [6, 6.07) is 11.9. The molecule has 0 aliphatic heterocycles. The van der Waals surface area contributed by atoms with Gasteiger partial charge in [-0.15, -0.1) is 0 Å². The summed E-state index contributed by atoms with van der Waals surface area (Å²) in [6.45, 7) is 2.57. The van der Waals surface area contributed by atoms with E-state index in [4.69, 9.17) is 5.11 Å². The third-order valence-corrected chi connectivity index (χ3v) is 3.11. The van der Waals surface area contributed by atoms with Crippen LogP contribution in [0.2, 0.25) is 0 Å². The Labute approximate surface area is 117 Å². The van der Waals surface area contributed by atoms with E-state index >= 15 is 0 Å². The first-order valence-corrected chi connectivity index (χ1v) is 6.27. The van der Waals surface area contributed by atoms with E-state index in [0.29, 0.717) is 12.2 Å². The minimum atomic E-state index is -1.13. The maximum atomic E-state index is 13.9. The second kappa shape index (κ2) is 5.74. The lowest BCUT2D eigenvalue weighted by Gasteiger charge is -2.20. The lowest BCUT2D eigenvalue weighted by atomic mass is 10.1. The second-order valence-corrected chi connectivity index (χ2v) is 4.82. The third-order valence-electron chi connectivity index (χ3n) is 3.11. The van der Waals surface area contributed by atoms with Crippen LogP contribution in [-0.2, 0) is 6.54 Å². The van der Waals surface area contributed by atoms with Crippen LogP contribution < -0.4 is 4.90 Å². The molecular weight excluding hydrogens is 257 g/mol. The lowest BCUT2D eigenvalue weighted by Crippen LogP contribution is -2.18. The van der Waals surface area contributed by atoms with Gasteiger partial charge in [-0.3, -0.25) is 0 Å². The van der Waals surface area contributed by atoms with Gasteiger partial charge in [0.05, 0.1) is 11.3 Å². The maximum absolute atomic E-state index is 13.9. The Balaban J connectivity index is 2.21. The van der Waals surface area contributed by atoms with Crippen molar-refractivity contribution in [2.75, 3.05) is 11.9 Å². The Hall–Kier alpha value is -2.36. The summed E-state index contributed by atoms with van der Waals surface area (Å²) in [6.07, 6.45) is 0. The fourth-order valence-corrected chi connectivity index (χ4v) is 2.12. The molecule has 0 spiro atoms. The van der Waals surface area contributed by atoms with E-state index in [-0.39, 0.29) is 5.56 Å². The van der Waals surface area contributed by atoms with Gasteiger partial charge < -0.3 is 10.0 Å². The molecule has 0 amide bonds. The first-order valence-electron chi connectivity index (χ1n) is 6.27. The molecule has 104 valence electrons. The molecule has 0 aliphatic rings. The molecule has 0 heterocycles. The summed E-state index contributed by atoms with van der Waals surface area (Å²) in [5.41, 5.74) is 2.57. The van der Waals surface area contributed by atoms with Crippen LogP contribution in [0.5, 0.6) is 0 Å². The molecule has 2 aromatic rings. The number of aryl methyl sites for hydroxylation is 1. The molecule has 2 rings (SSSR count). The van der Waals surface area contributed by atoms with E-state index in [1.165, 1.54) is 12.1 Å². The van der Waals surface area contributed by atoms with E-state index in [9.17, 15) is 9.18 Å². The fraction of sp³-hybridized carbons (Fsp3) is 0.188. The first kappa shape index (κ1) is 14.1. The van der Waals surface area contributed by atoms with Crippen molar-refractivity contribution in [2.45, 2.75) is 13.5 Å². The Morgan fingerprint density at radius 2 is 2.00 bits per heavy atom. The number of rotatable bonds is 4. The van der Waals surface area contributed by atoms with Crippen LogP contribution in [0.25, 0.3) is 0 Å². The molecule has 0 saturated heterocycles. The molecule has 0 radical (unpaired) electrons. The van der Waals surface area contributed by atoms with Gasteiger partial charge in [-0.25, -0.2) is 9.18 Å². The number of carboxylic acids is 1. The Bertz CT molecular complexity index is 640. The van der Waals surface area contributed by atoms with Gasteiger partial charge in [-0.2, -0.15) is 0 Å². The number of hydrogen-bond acceptors (Lipinski definition) is 2. The van der Waals surface area contributed by atoms with Crippen molar-refractivity contribution in [1.82, 2.24) is 0 Å². The lowest BCUT2D eigenvalue weighted by molar-refractivity contribution is 0.0696. The molecule has 20 heavy (non-hydrogen) atoms. The van der Waals surface area contributed by atoms with E-state index in [1.807, 2.05) is 31.2 Å². The number of aromatic carboxylic acids is 1. The van der Waals surface area contributed by atoms with E-state index in [1.54, 1.807) is 11.9 Å². The minimum absolute atomic E-state index is 0.0461. The highest BCUT2D eigenvalue weighted by molar-refractivity contribution is 5.88.